The highest BCUT2D eigenvalue weighted by atomic mass is 16.2. The van der Waals surface area contributed by atoms with E-state index in [-0.39, 0.29) is 23.3 Å². The van der Waals surface area contributed by atoms with Crippen LogP contribution in [0.2, 0.25) is 0 Å². The lowest BCUT2D eigenvalue weighted by molar-refractivity contribution is -0.147. The second kappa shape index (κ2) is 6.32. The van der Waals surface area contributed by atoms with Gasteiger partial charge < -0.3 is 9.80 Å². The second-order valence-electron chi connectivity index (χ2n) is 8.63. The van der Waals surface area contributed by atoms with E-state index in [1.807, 2.05) is 24.9 Å². The van der Waals surface area contributed by atoms with Crippen LogP contribution in [0.15, 0.2) is 12.3 Å². The highest BCUT2D eigenvalue weighted by molar-refractivity contribution is 5.97. The van der Waals surface area contributed by atoms with Gasteiger partial charge in [0, 0.05) is 42.8 Å². The van der Waals surface area contributed by atoms with Gasteiger partial charge in [-0.2, -0.15) is 5.10 Å². The lowest BCUT2D eigenvalue weighted by Crippen LogP contribution is -2.49. The normalized spacial score (nSPS) is 27.6. The van der Waals surface area contributed by atoms with Crippen molar-refractivity contribution in [2.24, 2.45) is 11.3 Å². The molecule has 4 rings (SSSR count). The summed E-state index contributed by atoms with van der Waals surface area (Å²) < 4.78 is 0. The minimum Gasteiger partial charge on any atom is -0.340 e. The fourth-order valence-corrected chi connectivity index (χ4v) is 4.78. The molecule has 1 saturated carbocycles. The van der Waals surface area contributed by atoms with Crippen molar-refractivity contribution in [2.45, 2.75) is 46.1 Å². The highest BCUT2D eigenvalue weighted by Gasteiger charge is 2.47. The highest BCUT2D eigenvalue weighted by Crippen LogP contribution is 2.46. The molecule has 7 heteroatoms. The lowest BCUT2D eigenvalue weighted by Gasteiger charge is -2.44. The van der Waals surface area contributed by atoms with Crippen LogP contribution in [0.5, 0.6) is 0 Å². The third-order valence-electron chi connectivity index (χ3n) is 6.28. The summed E-state index contributed by atoms with van der Waals surface area (Å²) in [5.41, 5.74) is 1.87. The number of nitrogens with one attached hydrogen (secondary N) is 1. The first-order valence-electron chi connectivity index (χ1n) is 9.66. The number of pyridine rings is 1. The Kier molecular flexibility index (Phi) is 4.20. The number of fused-ring (bicyclic) bond motifs is 1. The zero-order valence-corrected chi connectivity index (χ0v) is 16.5. The molecule has 1 N–H and O–H groups in total. The molecule has 27 heavy (non-hydrogen) atoms. The average Bonchev–Trinajstić information content (AvgIpc) is 3.26. The van der Waals surface area contributed by atoms with E-state index in [9.17, 15) is 9.59 Å². The SMILES string of the molecule is Cc1[nH]nc2ncc(C(=O)N(C)C3CCN(C(=O)C4(C)CC(C)C4)C3)cc12. The van der Waals surface area contributed by atoms with Gasteiger partial charge in [0.2, 0.25) is 5.91 Å². The second-order valence-corrected chi connectivity index (χ2v) is 8.63. The predicted molar refractivity (Wildman–Crippen MR) is 102 cm³/mol. The van der Waals surface area contributed by atoms with Gasteiger partial charge in [-0.3, -0.25) is 14.7 Å². The Bertz CT molecular complexity index is 899. The Balaban J connectivity index is 1.44. The molecule has 0 radical (unpaired) electrons. The van der Waals surface area contributed by atoms with Crippen LogP contribution in [0.3, 0.4) is 0 Å². The number of likely N-dealkylation sites (tertiary alicyclic amines) is 1. The van der Waals surface area contributed by atoms with E-state index in [1.54, 1.807) is 11.1 Å². The molecule has 1 saturated heterocycles. The summed E-state index contributed by atoms with van der Waals surface area (Å²) in [6.45, 7) is 7.53. The monoisotopic (exact) mass is 369 g/mol. The number of H-pyrrole nitrogens is 1. The van der Waals surface area contributed by atoms with Crippen molar-refractivity contribution >= 4 is 22.8 Å². The van der Waals surface area contributed by atoms with Crippen molar-refractivity contribution in [1.82, 2.24) is 25.0 Å². The molecule has 1 aliphatic heterocycles. The Morgan fingerprint density at radius 1 is 1.37 bits per heavy atom. The standard InChI is InChI=1S/C20H27N5O2/c1-12-8-20(3,9-12)19(27)25-6-5-15(11-25)24(4)18(26)14-7-16-13(2)22-23-17(16)21-10-14/h7,10,12,15H,5-6,8-9,11H2,1-4H3,(H,21,22,23). The molecule has 2 aromatic heterocycles. The van der Waals surface area contributed by atoms with Gasteiger partial charge in [0.05, 0.1) is 11.6 Å². The zero-order chi connectivity index (χ0) is 19.3. The van der Waals surface area contributed by atoms with Crippen molar-refractivity contribution in [1.29, 1.82) is 0 Å². The van der Waals surface area contributed by atoms with E-state index in [0.29, 0.717) is 23.7 Å². The Morgan fingerprint density at radius 3 is 2.81 bits per heavy atom. The quantitative estimate of drug-likeness (QED) is 0.900. The molecule has 2 aliphatic rings. The first kappa shape index (κ1) is 17.9. The summed E-state index contributed by atoms with van der Waals surface area (Å²) in [4.78, 5) is 33.8. The third kappa shape index (κ3) is 2.99. The maximum atomic E-state index is 12.9. The smallest absolute Gasteiger partial charge is 0.255 e. The predicted octanol–water partition coefficient (Wildman–Crippen LogP) is 2.38. The topological polar surface area (TPSA) is 82.2 Å². The summed E-state index contributed by atoms with van der Waals surface area (Å²) in [5, 5.41) is 7.86. The number of carbonyl (C=O) groups is 2. The van der Waals surface area contributed by atoms with Crippen LogP contribution >= 0.6 is 0 Å². The summed E-state index contributed by atoms with van der Waals surface area (Å²) in [6, 6.07) is 1.89. The van der Waals surface area contributed by atoms with Crippen molar-refractivity contribution in [3.8, 4) is 0 Å². The molecule has 2 aromatic rings. The van der Waals surface area contributed by atoms with Crippen molar-refractivity contribution < 1.29 is 9.59 Å². The van der Waals surface area contributed by atoms with E-state index >= 15 is 0 Å². The van der Waals surface area contributed by atoms with Gasteiger partial charge in [-0.15, -0.1) is 0 Å². The van der Waals surface area contributed by atoms with Crippen LogP contribution in [-0.2, 0) is 4.79 Å². The van der Waals surface area contributed by atoms with Gasteiger partial charge in [0.15, 0.2) is 5.65 Å². The molecule has 3 heterocycles. The number of nitrogens with zero attached hydrogens (tertiary/aromatic N) is 4. The largest absolute Gasteiger partial charge is 0.340 e. The molecule has 144 valence electrons. The van der Waals surface area contributed by atoms with E-state index in [1.165, 1.54) is 0 Å². The molecular weight excluding hydrogens is 342 g/mol. The van der Waals surface area contributed by atoms with E-state index in [2.05, 4.69) is 29.0 Å². The van der Waals surface area contributed by atoms with Gasteiger partial charge in [-0.1, -0.05) is 13.8 Å². The summed E-state index contributed by atoms with van der Waals surface area (Å²) in [5.74, 6) is 0.823. The Hall–Kier alpha value is -2.44. The molecular formula is C20H27N5O2. The third-order valence-corrected chi connectivity index (χ3v) is 6.28. The number of likely N-dealkylation sites (N-methyl/N-ethyl adjacent to an activating group) is 1. The molecule has 7 nitrogen and oxygen atoms in total. The van der Waals surface area contributed by atoms with Gasteiger partial charge in [0.25, 0.3) is 5.91 Å². The lowest BCUT2D eigenvalue weighted by atomic mass is 9.63. The fraction of sp³-hybridized carbons (Fsp3) is 0.600. The molecule has 0 bridgehead atoms. The first-order valence-corrected chi connectivity index (χ1v) is 9.66. The van der Waals surface area contributed by atoms with Crippen LogP contribution < -0.4 is 0 Å². The Morgan fingerprint density at radius 2 is 2.11 bits per heavy atom. The first-order chi connectivity index (χ1) is 12.8. The molecule has 2 fully saturated rings. The number of carbonyl (C=O) groups excluding carboxylic acids is 2. The van der Waals surface area contributed by atoms with Crippen molar-refractivity contribution in [3.63, 3.8) is 0 Å². The molecule has 2 amide bonds. The average molecular weight is 369 g/mol. The summed E-state index contributed by atoms with van der Waals surface area (Å²) in [6.07, 6.45) is 4.34. The Labute approximate surface area is 159 Å². The van der Waals surface area contributed by atoms with Crippen LogP contribution in [0, 0.1) is 18.3 Å². The van der Waals surface area contributed by atoms with Crippen LogP contribution in [0.4, 0.5) is 0 Å². The van der Waals surface area contributed by atoms with Crippen molar-refractivity contribution in [2.75, 3.05) is 20.1 Å². The number of aromatic nitrogens is 3. The maximum absolute atomic E-state index is 12.9. The molecule has 1 atom stereocenters. The van der Waals surface area contributed by atoms with Gasteiger partial charge >= 0.3 is 0 Å². The maximum Gasteiger partial charge on any atom is 0.255 e. The molecule has 0 spiro atoms. The van der Waals surface area contributed by atoms with E-state index in [4.69, 9.17) is 0 Å². The molecule has 1 aliphatic carbocycles. The molecule has 0 aromatic carbocycles. The molecule has 1 unspecified atom stereocenters. The van der Waals surface area contributed by atoms with Gasteiger partial charge in [-0.25, -0.2) is 4.98 Å². The fourth-order valence-electron chi connectivity index (χ4n) is 4.78. The number of rotatable bonds is 3. The minimum absolute atomic E-state index is 0.0451. The summed E-state index contributed by atoms with van der Waals surface area (Å²) >= 11 is 0. The van der Waals surface area contributed by atoms with Crippen molar-refractivity contribution in [3.05, 3.63) is 23.5 Å². The van der Waals surface area contributed by atoms with Crippen LogP contribution in [0.1, 0.15) is 49.2 Å². The number of aryl methyl sites for hydroxylation is 1. The van der Waals surface area contributed by atoms with Gasteiger partial charge in [-0.05, 0) is 38.2 Å². The number of hydrogen-bond acceptors (Lipinski definition) is 4. The number of amides is 2. The number of aromatic amines is 1. The number of hydrogen-bond donors (Lipinski definition) is 1. The summed E-state index contributed by atoms with van der Waals surface area (Å²) in [7, 11) is 1.82. The van der Waals surface area contributed by atoms with Crippen LogP contribution in [-0.4, -0.2) is 63.0 Å². The minimum atomic E-state index is -0.204. The zero-order valence-electron chi connectivity index (χ0n) is 16.5. The van der Waals surface area contributed by atoms with Crippen LogP contribution in [0.25, 0.3) is 11.0 Å². The van der Waals surface area contributed by atoms with Gasteiger partial charge in [0.1, 0.15) is 0 Å². The van der Waals surface area contributed by atoms with E-state index in [0.717, 1.165) is 36.9 Å². The van der Waals surface area contributed by atoms with E-state index < -0.39 is 0 Å².